The molecule has 4 N–H and O–H groups in total. The van der Waals surface area contributed by atoms with Gasteiger partial charge in [0.25, 0.3) is 0 Å². The number of rotatable bonds is 0. The molecule has 0 fully saturated rings. The topological polar surface area (TPSA) is 77.8 Å². The fraction of sp³-hybridized carbons (Fsp3) is 0. The van der Waals surface area contributed by atoms with E-state index < -0.39 is 0 Å². The molecule has 4 nitrogen and oxygen atoms in total. The molecule has 0 unspecified atom stereocenters. The number of nitrogen functional groups attached to an aromatic ring is 2. The fourth-order valence-corrected chi connectivity index (χ4v) is 1.55. The van der Waals surface area contributed by atoms with Crippen LogP contribution in [-0.4, -0.2) is 9.97 Å². The van der Waals surface area contributed by atoms with Gasteiger partial charge in [0.05, 0.1) is 0 Å². The molecular weight excluding hydrogens is 336 g/mol. The Labute approximate surface area is 110 Å². The van der Waals surface area contributed by atoms with Crippen LogP contribution < -0.4 is 11.5 Å². The Bertz CT molecular complexity index is 384. The van der Waals surface area contributed by atoms with Crippen molar-refractivity contribution in [1.82, 2.24) is 9.97 Å². The van der Waals surface area contributed by atoms with Crippen molar-refractivity contribution in [2.24, 2.45) is 0 Å². The number of nitrogens with two attached hydrogens (primary N) is 2. The number of hydrogen-bond acceptors (Lipinski definition) is 4. The molecule has 0 atom stereocenters. The Morgan fingerprint density at radius 3 is 1.38 bits per heavy atom. The summed E-state index contributed by atoms with van der Waals surface area (Å²) in [7, 11) is 0. The minimum absolute atomic E-state index is 0.541. The quantitative estimate of drug-likeness (QED) is 0.769. The summed E-state index contributed by atoms with van der Waals surface area (Å²) in [4.78, 5) is 7.58. The standard InChI is InChI=1S/2C5H5BrN2/c2*6-4-1-2-8-5(7)3-4/h2*1-3H,(H2,7,8). The summed E-state index contributed by atoms with van der Waals surface area (Å²) < 4.78 is 1.93. The predicted molar refractivity (Wildman–Crippen MR) is 72.7 cm³/mol. The fourth-order valence-electron chi connectivity index (χ4n) is 0.842. The molecule has 0 spiro atoms. The van der Waals surface area contributed by atoms with E-state index in [4.69, 9.17) is 11.5 Å². The molecule has 0 radical (unpaired) electrons. The van der Waals surface area contributed by atoms with Gasteiger partial charge < -0.3 is 11.5 Å². The first kappa shape index (κ1) is 12.9. The molecule has 0 saturated heterocycles. The molecule has 0 aliphatic carbocycles. The number of hydrogen-bond donors (Lipinski definition) is 2. The van der Waals surface area contributed by atoms with Gasteiger partial charge in [-0.25, -0.2) is 9.97 Å². The zero-order valence-electron chi connectivity index (χ0n) is 8.27. The van der Waals surface area contributed by atoms with Crippen LogP contribution >= 0.6 is 31.9 Å². The van der Waals surface area contributed by atoms with Crippen LogP contribution in [0.5, 0.6) is 0 Å². The van der Waals surface area contributed by atoms with Crippen molar-refractivity contribution < 1.29 is 0 Å². The largest absolute Gasteiger partial charge is 0.384 e. The van der Waals surface area contributed by atoms with Crippen molar-refractivity contribution in [2.75, 3.05) is 11.5 Å². The highest BCUT2D eigenvalue weighted by molar-refractivity contribution is 9.10. The third-order valence-electron chi connectivity index (χ3n) is 1.49. The second-order valence-electron chi connectivity index (χ2n) is 2.80. The molecule has 0 amide bonds. The van der Waals surface area contributed by atoms with Crippen molar-refractivity contribution in [3.8, 4) is 0 Å². The first-order valence-electron chi connectivity index (χ1n) is 4.32. The lowest BCUT2D eigenvalue weighted by Crippen LogP contribution is -1.86. The van der Waals surface area contributed by atoms with E-state index in [1.54, 1.807) is 24.5 Å². The predicted octanol–water partition coefficient (Wildman–Crippen LogP) is 2.85. The Morgan fingerprint density at radius 2 is 1.19 bits per heavy atom. The lowest BCUT2D eigenvalue weighted by molar-refractivity contribution is 1.33. The smallest absolute Gasteiger partial charge is 0.124 e. The molecule has 2 rings (SSSR count). The van der Waals surface area contributed by atoms with Gasteiger partial charge >= 0.3 is 0 Å². The maximum Gasteiger partial charge on any atom is 0.124 e. The van der Waals surface area contributed by atoms with Crippen LogP contribution in [0.3, 0.4) is 0 Å². The van der Waals surface area contributed by atoms with Crippen LogP contribution in [0, 0.1) is 0 Å². The summed E-state index contributed by atoms with van der Waals surface area (Å²) in [5.74, 6) is 1.08. The molecule has 84 valence electrons. The Morgan fingerprint density at radius 1 is 0.812 bits per heavy atom. The molecule has 2 heterocycles. The average Bonchev–Trinajstić information content (AvgIpc) is 2.17. The molecule has 0 aromatic carbocycles. The first-order chi connectivity index (χ1) is 7.58. The Kier molecular flexibility index (Phi) is 5.21. The third kappa shape index (κ3) is 5.09. The van der Waals surface area contributed by atoms with E-state index in [1.807, 2.05) is 12.1 Å². The van der Waals surface area contributed by atoms with Crippen LogP contribution in [0.1, 0.15) is 0 Å². The minimum Gasteiger partial charge on any atom is -0.384 e. The van der Waals surface area contributed by atoms with Gasteiger partial charge in [-0.1, -0.05) is 31.9 Å². The molecule has 0 bridgehead atoms. The van der Waals surface area contributed by atoms with E-state index in [-0.39, 0.29) is 0 Å². The first-order valence-corrected chi connectivity index (χ1v) is 5.90. The van der Waals surface area contributed by atoms with Gasteiger partial charge in [-0.3, -0.25) is 0 Å². The molecular formula is C10H10Br2N4. The highest BCUT2D eigenvalue weighted by Gasteiger charge is 1.85. The normalized spacial score (nSPS) is 9.12. The van der Waals surface area contributed by atoms with Crippen LogP contribution in [0.4, 0.5) is 11.6 Å². The second kappa shape index (κ2) is 6.44. The van der Waals surface area contributed by atoms with Gasteiger partial charge in [-0.05, 0) is 24.3 Å². The molecule has 0 aliphatic heterocycles. The number of halogens is 2. The zero-order valence-corrected chi connectivity index (χ0v) is 11.4. The summed E-state index contributed by atoms with van der Waals surface area (Å²) in [6.45, 7) is 0. The van der Waals surface area contributed by atoms with Crippen LogP contribution in [-0.2, 0) is 0 Å². The molecule has 16 heavy (non-hydrogen) atoms. The SMILES string of the molecule is Nc1cc(Br)ccn1.Nc1cc(Br)ccn1. The highest BCUT2D eigenvalue weighted by atomic mass is 79.9. The van der Waals surface area contributed by atoms with Crippen molar-refractivity contribution in [1.29, 1.82) is 0 Å². The van der Waals surface area contributed by atoms with Gasteiger partial charge in [0.2, 0.25) is 0 Å². The van der Waals surface area contributed by atoms with Gasteiger partial charge in [0.1, 0.15) is 11.6 Å². The van der Waals surface area contributed by atoms with Crippen molar-refractivity contribution in [3.05, 3.63) is 45.6 Å². The molecule has 6 heteroatoms. The lowest BCUT2D eigenvalue weighted by Gasteiger charge is -1.88. The van der Waals surface area contributed by atoms with E-state index in [9.17, 15) is 0 Å². The molecule has 2 aromatic heterocycles. The molecule has 2 aromatic rings. The Balaban J connectivity index is 0.000000160. The van der Waals surface area contributed by atoms with Crippen LogP contribution in [0.2, 0.25) is 0 Å². The zero-order chi connectivity index (χ0) is 12.0. The molecule has 0 saturated carbocycles. The monoisotopic (exact) mass is 344 g/mol. The maximum absolute atomic E-state index is 5.32. The summed E-state index contributed by atoms with van der Waals surface area (Å²) in [5.41, 5.74) is 10.6. The minimum atomic E-state index is 0.541. The van der Waals surface area contributed by atoms with Crippen molar-refractivity contribution in [3.63, 3.8) is 0 Å². The summed E-state index contributed by atoms with van der Waals surface area (Å²) in [5, 5.41) is 0. The summed E-state index contributed by atoms with van der Waals surface area (Å²) in [6.07, 6.45) is 3.30. The summed E-state index contributed by atoms with van der Waals surface area (Å²) >= 11 is 6.48. The van der Waals surface area contributed by atoms with Crippen LogP contribution in [0.25, 0.3) is 0 Å². The van der Waals surface area contributed by atoms with E-state index in [0.717, 1.165) is 8.95 Å². The average molecular weight is 346 g/mol. The second-order valence-corrected chi connectivity index (χ2v) is 4.63. The Hall–Kier alpha value is -1.14. The van der Waals surface area contributed by atoms with Gasteiger partial charge in [0.15, 0.2) is 0 Å². The third-order valence-corrected chi connectivity index (χ3v) is 2.47. The number of aromatic nitrogens is 2. The maximum atomic E-state index is 5.32. The van der Waals surface area contributed by atoms with Crippen LogP contribution in [0.15, 0.2) is 45.6 Å². The van der Waals surface area contributed by atoms with E-state index in [1.165, 1.54) is 0 Å². The molecule has 0 aliphatic rings. The van der Waals surface area contributed by atoms with Crippen molar-refractivity contribution >= 4 is 43.5 Å². The van der Waals surface area contributed by atoms with Gasteiger partial charge in [-0.15, -0.1) is 0 Å². The van der Waals surface area contributed by atoms with E-state index >= 15 is 0 Å². The van der Waals surface area contributed by atoms with Gasteiger partial charge in [-0.2, -0.15) is 0 Å². The van der Waals surface area contributed by atoms with E-state index in [2.05, 4.69) is 41.8 Å². The highest BCUT2D eigenvalue weighted by Crippen LogP contribution is 2.09. The lowest BCUT2D eigenvalue weighted by atomic mass is 10.5. The van der Waals surface area contributed by atoms with Gasteiger partial charge in [0, 0.05) is 21.3 Å². The van der Waals surface area contributed by atoms with E-state index in [0.29, 0.717) is 11.6 Å². The number of pyridine rings is 2. The number of nitrogens with zero attached hydrogens (tertiary/aromatic N) is 2. The van der Waals surface area contributed by atoms with Crippen molar-refractivity contribution in [2.45, 2.75) is 0 Å². The number of anilines is 2. The summed E-state index contributed by atoms with van der Waals surface area (Å²) in [6, 6.07) is 7.16.